The highest BCUT2D eigenvalue weighted by Crippen LogP contribution is 2.11. The number of benzene rings is 1. The summed E-state index contributed by atoms with van der Waals surface area (Å²) in [5.74, 6) is 3.40. The Morgan fingerprint density at radius 1 is 1.17 bits per heavy atom. The number of aryl methyl sites for hydroxylation is 2. The zero-order valence-electron chi connectivity index (χ0n) is 18.7. The standard InChI is InChI=1S/C21H34N6O2.HI/c1-6-28-14-7-12-22-21(23-16-20-25-24-18(3)27(20)5)26(4)13-15-29-19-10-8-17(2)9-11-19;/h8-11H,6-7,12-16H2,1-5H3,(H,22,23);1H. The predicted molar refractivity (Wildman–Crippen MR) is 131 cm³/mol. The van der Waals surface area contributed by atoms with Crippen molar-refractivity contribution in [1.82, 2.24) is 25.0 Å². The van der Waals surface area contributed by atoms with Gasteiger partial charge >= 0.3 is 0 Å². The fraction of sp³-hybridized carbons (Fsp3) is 0.571. The number of nitrogens with zero attached hydrogens (tertiary/aromatic N) is 5. The minimum Gasteiger partial charge on any atom is -0.492 e. The van der Waals surface area contributed by atoms with Gasteiger partial charge in [0.2, 0.25) is 0 Å². The number of likely N-dealkylation sites (N-methyl/N-ethyl adjacent to an activating group) is 1. The van der Waals surface area contributed by atoms with Crippen molar-refractivity contribution in [3.63, 3.8) is 0 Å². The zero-order chi connectivity index (χ0) is 21.1. The molecular formula is C21H35IN6O2. The lowest BCUT2D eigenvalue weighted by Gasteiger charge is -2.22. The Kier molecular flexibility index (Phi) is 12.4. The summed E-state index contributed by atoms with van der Waals surface area (Å²) in [6, 6.07) is 8.09. The molecule has 1 aromatic heterocycles. The van der Waals surface area contributed by atoms with Gasteiger partial charge in [-0.3, -0.25) is 0 Å². The number of hydrogen-bond donors (Lipinski definition) is 1. The van der Waals surface area contributed by atoms with Crippen molar-refractivity contribution >= 4 is 29.9 Å². The Morgan fingerprint density at radius 3 is 2.53 bits per heavy atom. The van der Waals surface area contributed by atoms with E-state index >= 15 is 0 Å². The number of rotatable bonds is 11. The summed E-state index contributed by atoms with van der Waals surface area (Å²) in [4.78, 5) is 6.80. The number of ether oxygens (including phenoxy) is 2. The lowest BCUT2D eigenvalue weighted by atomic mass is 10.2. The number of aromatic nitrogens is 3. The van der Waals surface area contributed by atoms with E-state index in [4.69, 9.17) is 14.5 Å². The summed E-state index contributed by atoms with van der Waals surface area (Å²) < 4.78 is 13.2. The van der Waals surface area contributed by atoms with Crippen LogP contribution in [0, 0.1) is 13.8 Å². The highest BCUT2D eigenvalue weighted by molar-refractivity contribution is 14.0. The van der Waals surface area contributed by atoms with E-state index in [1.807, 2.05) is 44.6 Å². The van der Waals surface area contributed by atoms with Crippen LogP contribution in [0.25, 0.3) is 0 Å². The maximum Gasteiger partial charge on any atom is 0.194 e. The Labute approximate surface area is 197 Å². The number of aliphatic imine (C=N–C) groups is 1. The molecule has 8 nitrogen and oxygen atoms in total. The largest absolute Gasteiger partial charge is 0.492 e. The fourth-order valence-corrected chi connectivity index (χ4v) is 2.61. The van der Waals surface area contributed by atoms with Gasteiger partial charge < -0.3 is 24.3 Å². The van der Waals surface area contributed by atoms with E-state index in [2.05, 4.69) is 39.5 Å². The van der Waals surface area contributed by atoms with Gasteiger partial charge in [0.25, 0.3) is 0 Å². The molecule has 0 bridgehead atoms. The number of hydrogen-bond acceptors (Lipinski definition) is 5. The van der Waals surface area contributed by atoms with Crippen molar-refractivity contribution < 1.29 is 9.47 Å². The third-order valence-corrected chi connectivity index (χ3v) is 4.58. The van der Waals surface area contributed by atoms with Crippen LogP contribution in [0.3, 0.4) is 0 Å². The topological polar surface area (TPSA) is 76.8 Å². The molecule has 0 saturated carbocycles. The maximum atomic E-state index is 5.85. The van der Waals surface area contributed by atoms with E-state index in [1.54, 1.807) is 0 Å². The molecule has 1 aromatic carbocycles. The molecule has 0 aliphatic heterocycles. The molecule has 168 valence electrons. The van der Waals surface area contributed by atoms with Crippen molar-refractivity contribution in [2.24, 2.45) is 12.0 Å². The first-order chi connectivity index (χ1) is 14.0. The molecule has 0 saturated heterocycles. The molecule has 1 heterocycles. The highest BCUT2D eigenvalue weighted by Gasteiger charge is 2.09. The van der Waals surface area contributed by atoms with E-state index in [9.17, 15) is 0 Å². The molecule has 0 unspecified atom stereocenters. The summed E-state index contributed by atoms with van der Waals surface area (Å²) in [6.45, 7) is 10.0. The van der Waals surface area contributed by atoms with E-state index in [0.29, 0.717) is 19.7 Å². The lowest BCUT2D eigenvalue weighted by molar-refractivity contribution is 0.145. The molecule has 0 fully saturated rings. The first-order valence-corrected chi connectivity index (χ1v) is 10.1. The monoisotopic (exact) mass is 530 g/mol. The molecule has 2 aromatic rings. The Hall–Kier alpha value is -1.88. The molecule has 9 heteroatoms. The van der Waals surface area contributed by atoms with E-state index in [-0.39, 0.29) is 24.0 Å². The molecule has 0 radical (unpaired) electrons. The fourth-order valence-electron chi connectivity index (χ4n) is 2.61. The van der Waals surface area contributed by atoms with Crippen LogP contribution in [-0.4, -0.2) is 65.6 Å². The third kappa shape index (κ3) is 8.86. The quantitative estimate of drug-likeness (QED) is 0.209. The molecule has 0 aliphatic carbocycles. The van der Waals surface area contributed by atoms with Crippen LogP contribution in [0.15, 0.2) is 29.3 Å². The maximum absolute atomic E-state index is 5.85. The SMILES string of the molecule is CCOCCCNC(=NCc1nnc(C)n1C)N(C)CCOc1ccc(C)cc1.I. The number of halogens is 1. The van der Waals surface area contributed by atoms with Crippen LogP contribution in [0.5, 0.6) is 5.75 Å². The van der Waals surface area contributed by atoms with Crippen molar-refractivity contribution in [3.8, 4) is 5.75 Å². The van der Waals surface area contributed by atoms with Crippen molar-refractivity contribution in [2.75, 3.05) is 40.0 Å². The zero-order valence-corrected chi connectivity index (χ0v) is 21.1. The van der Waals surface area contributed by atoms with Crippen LogP contribution in [0.2, 0.25) is 0 Å². The van der Waals surface area contributed by atoms with Crippen LogP contribution in [0.4, 0.5) is 0 Å². The van der Waals surface area contributed by atoms with Gasteiger partial charge in [-0.05, 0) is 39.3 Å². The van der Waals surface area contributed by atoms with Gasteiger partial charge in [0, 0.05) is 33.9 Å². The summed E-state index contributed by atoms with van der Waals surface area (Å²) in [5, 5.41) is 11.7. The molecule has 1 N–H and O–H groups in total. The van der Waals surface area contributed by atoms with Gasteiger partial charge in [0.1, 0.15) is 24.7 Å². The normalized spacial score (nSPS) is 11.2. The van der Waals surface area contributed by atoms with E-state index in [1.165, 1.54) is 5.56 Å². The van der Waals surface area contributed by atoms with Crippen molar-refractivity contribution in [3.05, 3.63) is 41.5 Å². The summed E-state index contributed by atoms with van der Waals surface area (Å²) in [7, 11) is 3.96. The molecule has 0 spiro atoms. The second kappa shape index (κ2) is 14.2. The van der Waals surface area contributed by atoms with Gasteiger partial charge in [0.15, 0.2) is 11.8 Å². The van der Waals surface area contributed by atoms with Gasteiger partial charge in [-0.2, -0.15) is 0 Å². The second-order valence-corrected chi connectivity index (χ2v) is 6.92. The van der Waals surface area contributed by atoms with Gasteiger partial charge in [-0.15, -0.1) is 34.2 Å². The van der Waals surface area contributed by atoms with Gasteiger partial charge in [-0.1, -0.05) is 17.7 Å². The third-order valence-electron chi connectivity index (χ3n) is 4.58. The van der Waals surface area contributed by atoms with Crippen LogP contribution >= 0.6 is 24.0 Å². The molecular weight excluding hydrogens is 495 g/mol. The molecule has 0 atom stereocenters. The smallest absolute Gasteiger partial charge is 0.194 e. The summed E-state index contributed by atoms with van der Waals surface area (Å²) in [5.41, 5.74) is 1.22. The first kappa shape index (κ1) is 26.2. The summed E-state index contributed by atoms with van der Waals surface area (Å²) >= 11 is 0. The first-order valence-electron chi connectivity index (χ1n) is 10.1. The average molecular weight is 530 g/mol. The minimum atomic E-state index is 0. The van der Waals surface area contributed by atoms with Gasteiger partial charge in [-0.25, -0.2) is 4.99 Å². The second-order valence-electron chi connectivity index (χ2n) is 6.92. The average Bonchev–Trinajstić information content (AvgIpc) is 3.03. The highest BCUT2D eigenvalue weighted by atomic mass is 127. The Morgan fingerprint density at radius 2 is 1.90 bits per heavy atom. The van der Waals surface area contributed by atoms with E-state index in [0.717, 1.165) is 49.5 Å². The van der Waals surface area contributed by atoms with E-state index < -0.39 is 0 Å². The van der Waals surface area contributed by atoms with Gasteiger partial charge in [0.05, 0.1) is 6.54 Å². The predicted octanol–water partition coefficient (Wildman–Crippen LogP) is 2.93. The molecule has 2 rings (SSSR count). The molecule has 0 amide bonds. The minimum absolute atomic E-state index is 0. The van der Waals surface area contributed by atoms with Crippen LogP contribution in [0.1, 0.15) is 30.6 Å². The number of guanidine groups is 1. The van der Waals surface area contributed by atoms with Crippen LogP contribution < -0.4 is 10.1 Å². The Balaban J connectivity index is 0.00000450. The Bertz CT molecular complexity index is 763. The molecule has 30 heavy (non-hydrogen) atoms. The summed E-state index contributed by atoms with van der Waals surface area (Å²) in [6.07, 6.45) is 0.920. The number of nitrogens with one attached hydrogen (secondary N) is 1. The van der Waals surface area contributed by atoms with Crippen LogP contribution in [-0.2, 0) is 18.3 Å². The molecule has 0 aliphatic rings. The van der Waals surface area contributed by atoms with Crippen molar-refractivity contribution in [2.45, 2.75) is 33.7 Å². The lowest BCUT2D eigenvalue weighted by Crippen LogP contribution is -2.41. The van der Waals surface area contributed by atoms with Crippen molar-refractivity contribution in [1.29, 1.82) is 0 Å².